The Morgan fingerprint density at radius 1 is 1.16 bits per heavy atom. The van der Waals surface area contributed by atoms with Crippen molar-refractivity contribution >= 4 is 11.8 Å². The normalized spacial score (nSPS) is 28.5. The highest BCUT2D eigenvalue weighted by molar-refractivity contribution is 6.01. The number of amides is 2. The van der Waals surface area contributed by atoms with Crippen LogP contribution in [0.15, 0.2) is 0 Å². The van der Waals surface area contributed by atoms with Gasteiger partial charge in [-0.15, -0.1) is 0 Å². The van der Waals surface area contributed by atoms with E-state index in [-0.39, 0.29) is 11.8 Å². The summed E-state index contributed by atoms with van der Waals surface area (Å²) in [6.45, 7) is 4.46. The summed E-state index contributed by atoms with van der Waals surface area (Å²) in [5, 5.41) is 0. The maximum absolute atomic E-state index is 11.6. The standard InChI is InChI=1S/C14H25N3O2/c1-2-16(12-5-3-11(15)4-6-12)9-10-17-13(18)7-8-14(17)19/h11-12H,2-10,15H2,1H3. The van der Waals surface area contributed by atoms with E-state index in [0.29, 0.717) is 31.5 Å². The highest BCUT2D eigenvalue weighted by atomic mass is 16.2. The van der Waals surface area contributed by atoms with Gasteiger partial charge in [-0.05, 0) is 32.2 Å². The molecule has 0 atom stereocenters. The second-order valence-corrected chi connectivity index (χ2v) is 5.64. The van der Waals surface area contributed by atoms with Gasteiger partial charge >= 0.3 is 0 Å². The van der Waals surface area contributed by atoms with Gasteiger partial charge < -0.3 is 5.73 Å². The van der Waals surface area contributed by atoms with Crippen molar-refractivity contribution in [2.24, 2.45) is 5.73 Å². The molecule has 2 rings (SSSR count). The number of carbonyl (C=O) groups is 2. The van der Waals surface area contributed by atoms with Gasteiger partial charge in [-0.2, -0.15) is 0 Å². The lowest BCUT2D eigenvalue weighted by molar-refractivity contribution is -0.138. The predicted octanol–water partition coefficient (Wildman–Crippen LogP) is 0.727. The van der Waals surface area contributed by atoms with Gasteiger partial charge in [-0.3, -0.25) is 19.4 Å². The quantitative estimate of drug-likeness (QED) is 0.746. The van der Waals surface area contributed by atoms with Gasteiger partial charge in [0.2, 0.25) is 11.8 Å². The number of hydrogen-bond donors (Lipinski definition) is 1. The third-order valence-corrected chi connectivity index (χ3v) is 4.43. The zero-order chi connectivity index (χ0) is 13.8. The van der Waals surface area contributed by atoms with Crippen molar-refractivity contribution in [3.63, 3.8) is 0 Å². The molecule has 0 aromatic carbocycles. The summed E-state index contributed by atoms with van der Waals surface area (Å²) in [5.41, 5.74) is 5.93. The molecule has 0 bridgehead atoms. The molecule has 1 saturated carbocycles. The molecule has 0 unspecified atom stereocenters. The van der Waals surface area contributed by atoms with Gasteiger partial charge in [0, 0.05) is 38.0 Å². The summed E-state index contributed by atoms with van der Waals surface area (Å²) in [7, 11) is 0. The van der Waals surface area contributed by atoms with Crippen molar-refractivity contribution < 1.29 is 9.59 Å². The minimum atomic E-state index is -0.00767. The van der Waals surface area contributed by atoms with Gasteiger partial charge in [-0.25, -0.2) is 0 Å². The molecule has 19 heavy (non-hydrogen) atoms. The lowest BCUT2D eigenvalue weighted by Crippen LogP contribution is -2.45. The first-order valence-corrected chi connectivity index (χ1v) is 7.44. The van der Waals surface area contributed by atoms with Crippen molar-refractivity contribution in [3.8, 4) is 0 Å². The van der Waals surface area contributed by atoms with Crippen molar-refractivity contribution in [2.45, 2.75) is 57.5 Å². The van der Waals surface area contributed by atoms with Gasteiger partial charge in [0.05, 0.1) is 0 Å². The Kier molecular flexibility index (Phi) is 4.93. The van der Waals surface area contributed by atoms with Crippen LogP contribution in [0.5, 0.6) is 0 Å². The molecule has 1 aliphatic heterocycles. The molecule has 0 radical (unpaired) electrons. The lowest BCUT2D eigenvalue weighted by Gasteiger charge is -2.36. The van der Waals surface area contributed by atoms with E-state index in [1.165, 1.54) is 4.90 Å². The van der Waals surface area contributed by atoms with Crippen LogP contribution in [0.3, 0.4) is 0 Å². The Balaban J connectivity index is 1.82. The average molecular weight is 267 g/mol. The SMILES string of the molecule is CCN(CCN1C(=O)CCC1=O)C1CCC(N)CC1. The molecule has 5 nitrogen and oxygen atoms in total. The van der Waals surface area contributed by atoms with Crippen LogP contribution in [0.2, 0.25) is 0 Å². The van der Waals surface area contributed by atoms with E-state index in [1.54, 1.807) is 0 Å². The summed E-state index contributed by atoms with van der Waals surface area (Å²) in [4.78, 5) is 27.0. The number of carbonyl (C=O) groups excluding carboxylic acids is 2. The topological polar surface area (TPSA) is 66.6 Å². The molecule has 1 heterocycles. The summed E-state index contributed by atoms with van der Waals surface area (Å²) in [5.74, 6) is -0.0153. The maximum Gasteiger partial charge on any atom is 0.229 e. The summed E-state index contributed by atoms with van der Waals surface area (Å²) in [6, 6.07) is 0.925. The molecule has 2 amide bonds. The van der Waals surface area contributed by atoms with E-state index in [2.05, 4.69) is 11.8 Å². The molecule has 0 aromatic rings. The molecule has 5 heteroatoms. The Morgan fingerprint density at radius 2 is 1.74 bits per heavy atom. The van der Waals surface area contributed by atoms with E-state index in [9.17, 15) is 9.59 Å². The van der Waals surface area contributed by atoms with Crippen LogP contribution in [0.25, 0.3) is 0 Å². The largest absolute Gasteiger partial charge is 0.328 e. The smallest absolute Gasteiger partial charge is 0.229 e. The molecule has 2 aliphatic rings. The minimum absolute atomic E-state index is 0.00767. The molecule has 108 valence electrons. The average Bonchev–Trinajstić information content (AvgIpc) is 2.72. The van der Waals surface area contributed by atoms with E-state index in [4.69, 9.17) is 5.73 Å². The zero-order valence-electron chi connectivity index (χ0n) is 11.8. The van der Waals surface area contributed by atoms with Crippen LogP contribution in [-0.2, 0) is 9.59 Å². The molecule has 1 saturated heterocycles. The minimum Gasteiger partial charge on any atom is -0.328 e. The number of hydrogen-bond acceptors (Lipinski definition) is 4. The third kappa shape index (κ3) is 3.54. The Morgan fingerprint density at radius 3 is 2.26 bits per heavy atom. The second kappa shape index (κ2) is 6.48. The van der Waals surface area contributed by atoms with E-state index >= 15 is 0 Å². The molecule has 2 N–H and O–H groups in total. The molecular formula is C14H25N3O2. The number of imide groups is 1. The van der Waals surface area contributed by atoms with Crippen LogP contribution < -0.4 is 5.73 Å². The fourth-order valence-electron chi connectivity index (χ4n) is 3.17. The van der Waals surface area contributed by atoms with E-state index in [0.717, 1.165) is 38.8 Å². The van der Waals surface area contributed by atoms with Crippen molar-refractivity contribution in [1.29, 1.82) is 0 Å². The van der Waals surface area contributed by atoms with Gasteiger partial charge in [0.1, 0.15) is 0 Å². The van der Waals surface area contributed by atoms with Crippen LogP contribution in [-0.4, -0.2) is 53.3 Å². The Hall–Kier alpha value is -0.940. The maximum atomic E-state index is 11.6. The lowest BCUT2D eigenvalue weighted by atomic mass is 9.91. The number of likely N-dealkylation sites (tertiary alicyclic amines) is 1. The first-order valence-electron chi connectivity index (χ1n) is 7.44. The molecule has 1 aliphatic carbocycles. The highest BCUT2D eigenvalue weighted by Gasteiger charge is 2.30. The molecule has 0 aromatic heterocycles. The van der Waals surface area contributed by atoms with Crippen molar-refractivity contribution in [2.75, 3.05) is 19.6 Å². The number of rotatable bonds is 5. The van der Waals surface area contributed by atoms with Gasteiger partial charge in [-0.1, -0.05) is 6.92 Å². The second-order valence-electron chi connectivity index (χ2n) is 5.64. The highest BCUT2D eigenvalue weighted by Crippen LogP contribution is 2.22. The fraction of sp³-hybridized carbons (Fsp3) is 0.857. The molecule has 0 spiro atoms. The first-order chi connectivity index (χ1) is 9.11. The van der Waals surface area contributed by atoms with Crippen LogP contribution in [0.1, 0.15) is 45.4 Å². The van der Waals surface area contributed by atoms with Crippen LogP contribution in [0, 0.1) is 0 Å². The van der Waals surface area contributed by atoms with Crippen LogP contribution in [0.4, 0.5) is 0 Å². The van der Waals surface area contributed by atoms with Gasteiger partial charge in [0.25, 0.3) is 0 Å². The van der Waals surface area contributed by atoms with E-state index < -0.39 is 0 Å². The summed E-state index contributed by atoms with van der Waals surface area (Å²) < 4.78 is 0. The van der Waals surface area contributed by atoms with Crippen LogP contribution >= 0.6 is 0 Å². The number of nitrogens with two attached hydrogens (primary N) is 1. The number of likely N-dealkylation sites (N-methyl/N-ethyl adjacent to an activating group) is 1. The van der Waals surface area contributed by atoms with E-state index in [1.807, 2.05) is 0 Å². The number of nitrogens with zero attached hydrogens (tertiary/aromatic N) is 2. The summed E-state index contributed by atoms with van der Waals surface area (Å²) in [6.07, 6.45) is 5.23. The van der Waals surface area contributed by atoms with Gasteiger partial charge in [0.15, 0.2) is 0 Å². The molecular weight excluding hydrogens is 242 g/mol. The summed E-state index contributed by atoms with van der Waals surface area (Å²) >= 11 is 0. The first kappa shape index (κ1) is 14.5. The van der Waals surface area contributed by atoms with Crippen molar-refractivity contribution in [3.05, 3.63) is 0 Å². The molecule has 2 fully saturated rings. The zero-order valence-corrected chi connectivity index (χ0v) is 11.8. The Labute approximate surface area is 115 Å². The van der Waals surface area contributed by atoms with Crippen molar-refractivity contribution in [1.82, 2.24) is 9.80 Å². The monoisotopic (exact) mass is 267 g/mol. The Bertz CT molecular complexity index is 322. The third-order valence-electron chi connectivity index (χ3n) is 4.43. The fourth-order valence-corrected chi connectivity index (χ4v) is 3.17. The predicted molar refractivity (Wildman–Crippen MR) is 73.4 cm³/mol.